The first-order valence-electron chi connectivity index (χ1n) is 13.5. The summed E-state index contributed by atoms with van der Waals surface area (Å²) in [5.41, 5.74) is -1.75. The van der Waals surface area contributed by atoms with Crippen LogP contribution in [0.15, 0.2) is 33.5 Å². The molecule has 0 spiro atoms. The van der Waals surface area contributed by atoms with E-state index in [1.54, 1.807) is 0 Å². The van der Waals surface area contributed by atoms with E-state index in [9.17, 15) is 55.9 Å². The van der Waals surface area contributed by atoms with Gasteiger partial charge < -0.3 is 79.2 Å². The Morgan fingerprint density at radius 3 is 2.11 bits per heavy atom. The number of rotatable bonds is 7. The second kappa shape index (κ2) is 12.5. The third-order valence-corrected chi connectivity index (χ3v) is 7.64. The highest BCUT2D eigenvalue weighted by Gasteiger charge is 2.48. The van der Waals surface area contributed by atoms with Crippen molar-refractivity contribution in [2.45, 2.75) is 68.3 Å². The molecular weight excluding hydrogens is 608 g/mol. The van der Waals surface area contributed by atoms with E-state index in [4.69, 9.17) is 28.1 Å². The van der Waals surface area contributed by atoms with Crippen LogP contribution in [0, 0.1) is 0 Å². The lowest BCUT2D eigenvalue weighted by Crippen LogP contribution is -2.61. The lowest BCUT2D eigenvalue weighted by Gasteiger charge is -2.42. The zero-order chi connectivity index (χ0) is 32.9. The highest BCUT2D eigenvalue weighted by atomic mass is 16.7. The Morgan fingerprint density at radius 1 is 0.778 bits per heavy atom. The minimum atomic E-state index is -2.00. The zero-order valence-corrected chi connectivity index (χ0v) is 23.6. The lowest BCUT2D eigenvalue weighted by molar-refractivity contribution is -0.318. The molecule has 3 aromatic rings. The number of hydrogen-bond acceptors (Lipinski definition) is 17. The van der Waals surface area contributed by atoms with Gasteiger partial charge in [-0.05, 0) is 25.1 Å². The van der Waals surface area contributed by atoms with E-state index >= 15 is 0 Å². The number of phenols is 4. The smallest absolute Gasteiger partial charge is 0.239 e. The molecule has 0 aliphatic carbocycles. The first-order chi connectivity index (χ1) is 21.2. The average Bonchev–Trinajstić information content (AvgIpc) is 3.01. The fraction of sp³-hybridized carbons (Fsp3) is 0.464. The molecule has 17 nitrogen and oxygen atoms in total. The van der Waals surface area contributed by atoms with Gasteiger partial charge in [0, 0.05) is 11.6 Å². The fourth-order valence-electron chi connectivity index (χ4n) is 5.02. The molecule has 2 saturated heterocycles. The van der Waals surface area contributed by atoms with E-state index in [0.29, 0.717) is 0 Å². The topological polar surface area (TPSA) is 279 Å². The van der Waals surface area contributed by atoms with E-state index in [1.807, 2.05) is 0 Å². The maximum Gasteiger partial charge on any atom is 0.239 e. The summed E-state index contributed by atoms with van der Waals surface area (Å²) in [5, 5.41) is 103. The number of benzene rings is 2. The monoisotopic (exact) mass is 640 g/mol. The molecule has 2 aliphatic rings. The minimum Gasteiger partial charge on any atom is -0.507 e. The molecular formula is C28H32O17. The molecule has 0 bridgehead atoms. The first kappa shape index (κ1) is 32.5. The molecule has 45 heavy (non-hydrogen) atoms. The maximum atomic E-state index is 13.7. The van der Waals surface area contributed by atoms with Gasteiger partial charge in [0.25, 0.3) is 0 Å². The van der Waals surface area contributed by atoms with Crippen molar-refractivity contribution in [3.63, 3.8) is 0 Å². The van der Waals surface area contributed by atoms with Gasteiger partial charge in [-0.1, -0.05) is 0 Å². The molecule has 2 fully saturated rings. The summed E-state index contributed by atoms with van der Waals surface area (Å²) in [5.74, 6) is -4.04. The Hall–Kier alpha value is -3.91. The summed E-state index contributed by atoms with van der Waals surface area (Å²) in [4.78, 5) is 13.7. The van der Waals surface area contributed by atoms with E-state index in [1.165, 1.54) is 20.1 Å². The number of aliphatic hydroxyl groups is 6. The van der Waals surface area contributed by atoms with Crippen molar-refractivity contribution in [3.05, 3.63) is 34.5 Å². The van der Waals surface area contributed by atoms with Crippen molar-refractivity contribution < 1.29 is 79.2 Å². The van der Waals surface area contributed by atoms with Crippen LogP contribution < -0.4 is 14.9 Å². The van der Waals surface area contributed by atoms with Crippen LogP contribution >= 0.6 is 0 Å². The number of ether oxygens (including phenoxy) is 5. The second-order valence-electron chi connectivity index (χ2n) is 10.6. The van der Waals surface area contributed by atoms with E-state index in [2.05, 4.69) is 0 Å². The van der Waals surface area contributed by atoms with Gasteiger partial charge in [-0.25, -0.2) is 0 Å². The largest absolute Gasteiger partial charge is 0.507 e. The molecule has 10 N–H and O–H groups in total. The highest BCUT2D eigenvalue weighted by Crippen LogP contribution is 2.44. The van der Waals surface area contributed by atoms with Crippen molar-refractivity contribution in [1.82, 2.24) is 0 Å². The van der Waals surface area contributed by atoms with Gasteiger partial charge in [0.1, 0.15) is 53.9 Å². The van der Waals surface area contributed by atoms with Crippen molar-refractivity contribution in [1.29, 1.82) is 0 Å². The van der Waals surface area contributed by atoms with Crippen LogP contribution in [0.2, 0.25) is 0 Å². The van der Waals surface area contributed by atoms with Crippen molar-refractivity contribution >= 4 is 11.0 Å². The van der Waals surface area contributed by atoms with Crippen molar-refractivity contribution in [2.24, 2.45) is 0 Å². The van der Waals surface area contributed by atoms with Crippen molar-refractivity contribution in [2.75, 3.05) is 13.7 Å². The Morgan fingerprint density at radius 2 is 1.44 bits per heavy atom. The second-order valence-corrected chi connectivity index (χ2v) is 10.6. The van der Waals surface area contributed by atoms with Crippen LogP contribution in [-0.2, 0) is 14.2 Å². The highest BCUT2D eigenvalue weighted by molar-refractivity contribution is 5.93. The molecule has 1 aromatic heterocycles. The third kappa shape index (κ3) is 5.81. The molecule has 5 unspecified atom stereocenters. The van der Waals surface area contributed by atoms with Gasteiger partial charge >= 0.3 is 0 Å². The lowest BCUT2D eigenvalue weighted by atomic mass is 9.98. The quantitative estimate of drug-likeness (QED) is 0.102. The molecule has 0 saturated carbocycles. The third-order valence-electron chi connectivity index (χ3n) is 7.64. The van der Waals surface area contributed by atoms with Crippen LogP contribution in [0.4, 0.5) is 0 Å². The van der Waals surface area contributed by atoms with Crippen LogP contribution in [0.3, 0.4) is 0 Å². The predicted molar refractivity (Wildman–Crippen MR) is 147 cm³/mol. The van der Waals surface area contributed by atoms with Gasteiger partial charge in [-0.2, -0.15) is 0 Å². The van der Waals surface area contributed by atoms with Gasteiger partial charge in [-0.3, -0.25) is 4.79 Å². The molecule has 5 rings (SSSR count). The van der Waals surface area contributed by atoms with Gasteiger partial charge in [-0.15, -0.1) is 0 Å². The van der Waals surface area contributed by atoms with Crippen molar-refractivity contribution in [3.8, 4) is 45.8 Å². The fourth-order valence-corrected chi connectivity index (χ4v) is 5.02. The molecule has 17 heteroatoms. The first-order valence-corrected chi connectivity index (χ1v) is 13.5. The maximum absolute atomic E-state index is 13.7. The standard InChI is InChI=1S/C28H32O17/c1-8-16(32)20(36)22(38)27(42-8)41-7-14-17(33)21(37)23(39)28(43-14)45-26-19(35)15-12(31)6-13(40-2)18(34)25(15)44-24(26)9-3-4-10(29)11(30)5-9/h3-6,8,14,16-17,20-23,27-34,36-39H,7H2,1-2H3/t8?,14?,16-,17+,20-,21?,22?,23?,27+,28-/m0/s1. The Bertz CT molecular complexity index is 1610. The Labute approximate surface area is 252 Å². The van der Waals surface area contributed by atoms with E-state index in [0.717, 1.165) is 18.2 Å². The minimum absolute atomic E-state index is 0.0925. The summed E-state index contributed by atoms with van der Waals surface area (Å²) in [6.45, 7) is 0.793. The van der Waals surface area contributed by atoms with Gasteiger partial charge in [0.15, 0.2) is 34.9 Å². The molecule has 246 valence electrons. The van der Waals surface area contributed by atoms with E-state index < -0.39 is 119 Å². The summed E-state index contributed by atoms with van der Waals surface area (Å²) in [6.07, 6.45) is -16.4. The number of aliphatic hydroxyl groups excluding tert-OH is 6. The van der Waals surface area contributed by atoms with Gasteiger partial charge in [0.05, 0.1) is 19.8 Å². The number of phenolic OH excluding ortho intramolecular Hbond substituents is 4. The number of fused-ring (bicyclic) bond motifs is 1. The summed E-state index contributed by atoms with van der Waals surface area (Å²) >= 11 is 0. The summed E-state index contributed by atoms with van der Waals surface area (Å²) in [6, 6.07) is 4.18. The van der Waals surface area contributed by atoms with Gasteiger partial charge in [0.2, 0.25) is 23.2 Å². The number of aromatic hydroxyl groups is 4. The van der Waals surface area contributed by atoms with Crippen LogP contribution in [0.1, 0.15) is 6.92 Å². The molecule has 3 heterocycles. The SMILES string of the molecule is COc1cc(O)c2c(=O)c(O[C@@H]3OC(CO[C@@H]4OC(C)[C@H](O)[C@H](O)C4O)[C@@H](O)C(O)C3O)c(-c3ccc(O)c(O)c3)oc2c1O. The number of hydrogen-bond donors (Lipinski definition) is 10. The van der Waals surface area contributed by atoms with E-state index in [-0.39, 0.29) is 11.3 Å². The number of methoxy groups -OCH3 is 1. The normalized spacial score (nSPS) is 32.0. The van der Waals surface area contributed by atoms with Crippen LogP contribution in [0.25, 0.3) is 22.3 Å². The summed E-state index contributed by atoms with van der Waals surface area (Å²) < 4.78 is 32.9. The van der Waals surface area contributed by atoms with Crippen LogP contribution in [0.5, 0.6) is 34.5 Å². The summed E-state index contributed by atoms with van der Waals surface area (Å²) in [7, 11) is 1.18. The predicted octanol–water partition coefficient (Wildman–Crippen LogP) is -1.68. The Kier molecular flexibility index (Phi) is 9.00. The molecule has 0 amide bonds. The van der Waals surface area contributed by atoms with Crippen LogP contribution in [-0.4, -0.2) is 126 Å². The zero-order valence-electron chi connectivity index (χ0n) is 23.6. The molecule has 2 aliphatic heterocycles. The molecule has 2 aromatic carbocycles. The molecule has 10 atom stereocenters. The molecule has 0 radical (unpaired) electrons. The average molecular weight is 641 g/mol. The Balaban J connectivity index is 1.52.